The number of benzene rings is 1. The van der Waals surface area contributed by atoms with Gasteiger partial charge in [0, 0.05) is 5.56 Å². The van der Waals surface area contributed by atoms with Gasteiger partial charge >= 0.3 is 0 Å². The van der Waals surface area contributed by atoms with Gasteiger partial charge in [0.15, 0.2) is 0 Å². The molecule has 6 heteroatoms. The molecule has 1 aromatic rings. The van der Waals surface area contributed by atoms with Crippen LogP contribution >= 0.6 is 24.0 Å². The van der Waals surface area contributed by atoms with Crippen LogP contribution in [0.5, 0.6) is 5.75 Å². The molecule has 0 aliphatic carbocycles. The lowest BCUT2D eigenvalue weighted by Crippen LogP contribution is -2.28. The molecule has 0 saturated carbocycles. The highest BCUT2D eigenvalue weighted by Gasteiger charge is 2.23. The minimum Gasteiger partial charge on any atom is -0.495 e. The van der Waals surface area contributed by atoms with Gasteiger partial charge in [-0.15, -0.1) is 11.8 Å². The second kappa shape index (κ2) is 6.95. The molecular weight excluding hydrogens is 292 g/mol. The van der Waals surface area contributed by atoms with Gasteiger partial charge in [-0.2, -0.15) is 0 Å². The zero-order valence-electron chi connectivity index (χ0n) is 11.3. The lowest BCUT2D eigenvalue weighted by atomic mass is 10.1. The average Bonchev–Trinajstić information content (AvgIpc) is 2.48. The van der Waals surface area contributed by atoms with E-state index in [1.807, 2.05) is 0 Å². The Labute approximate surface area is 128 Å². The van der Waals surface area contributed by atoms with Crippen molar-refractivity contribution >= 4 is 40.6 Å². The number of hydrogen-bond acceptors (Lipinski definition) is 4. The second-order valence-electron chi connectivity index (χ2n) is 4.59. The number of methoxy groups -OCH3 is 1. The fraction of sp³-hybridized carbons (Fsp3) is 0.429. The van der Waals surface area contributed by atoms with E-state index in [0.29, 0.717) is 17.0 Å². The first-order chi connectivity index (χ1) is 9.63. The highest BCUT2D eigenvalue weighted by Crippen LogP contribution is 2.31. The maximum atomic E-state index is 12.3. The van der Waals surface area contributed by atoms with Crippen molar-refractivity contribution in [3.63, 3.8) is 0 Å². The summed E-state index contributed by atoms with van der Waals surface area (Å²) in [6.07, 6.45) is 3.19. The number of ether oxygens (including phenoxy) is 1. The summed E-state index contributed by atoms with van der Waals surface area (Å²) in [5.41, 5.74) is 6.91. The Kier molecular flexibility index (Phi) is 5.25. The lowest BCUT2D eigenvalue weighted by molar-refractivity contribution is -0.115. The number of anilines is 1. The third-order valence-corrected chi connectivity index (χ3v) is 4.83. The highest BCUT2D eigenvalue weighted by molar-refractivity contribution is 8.00. The average molecular weight is 310 g/mol. The molecule has 0 aromatic heterocycles. The van der Waals surface area contributed by atoms with Gasteiger partial charge in [0.2, 0.25) is 5.91 Å². The standard InChI is InChI=1S/C14H18N2O2S2/c1-18-10-6-4-5-9(13(15)19)12(10)16-14(17)11-7-2-3-8-20-11/h4-6,11H,2-3,7-8H2,1H3,(H2,15,19)(H,16,17). The molecule has 1 unspecified atom stereocenters. The van der Waals surface area contributed by atoms with Crippen molar-refractivity contribution in [1.82, 2.24) is 0 Å². The highest BCUT2D eigenvalue weighted by atomic mass is 32.2. The summed E-state index contributed by atoms with van der Waals surface area (Å²) in [5, 5.41) is 2.92. The second-order valence-corrected chi connectivity index (χ2v) is 6.34. The van der Waals surface area contributed by atoms with Crippen molar-refractivity contribution in [2.45, 2.75) is 24.5 Å². The van der Waals surface area contributed by atoms with Crippen molar-refractivity contribution in [1.29, 1.82) is 0 Å². The van der Waals surface area contributed by atoms with Crippen molar-refractivity contribution < 1.29 is 9.53 Å². The van der Waals surface area contributed by atoms with Crippen LogP contribution in [0.4, 0.5) is 5.69 Å². The molecular formula is C14H18N2O2S2. The van der Waals surface area contributed by atoms with Crippen LogP contribution in [-0.4, -0.2) is 29.0 Å². The predicted octanol–water partition coefficient (Wildman–Crippen LogP) is 2.55. The number of amides is 1. The van der Waals surface area contributed by atoms with Crippen LogP contribution in [0.2, 0.25) is 0 Å². The summed E-state index contributed by atoms with van der Waals surface area (Å²) >= 11 is 6.73. The van der Waals surface area contributed by atoms with E-state index in [9.17, 15) is 4.79 Å². The summed E-state index contributed by atoms with van der Waals surface area (Å²) in [6.45, 7) is 0. The molecule has 1 heterocycles. The summed E-state index contributed by atoms with van der Waals surface area (Å²) in [5.74, 6) is 1.60. The number of nitrogens with two attached hydrogens (primary N) is 1. The molecule has 0 spiro atoms. The first-order valence-electron chi connectivity index (χ1n) is 6.52. The molecule has 1 atom stereocenters. The summed E-state index contributed by atoms with van der Waals surface area (Å²) < 4.78 is 5.29. The number of nitrogens with one attached hydrogen (secondary N) is 1. The monoisotopic (exact) mass is 310 g/mol. The molecule has 1 aliphatic heterocycles. The lowest BCUT2D eigenvalue weighted by Gasteiger charge is -2.22. The number of thiocarbonyl (C=S) groups is 1. The first-order valence-corrected chi connectivity index (χ1v) is 7.98. The van der Waals surface area contributed by atoms with Crippen molar-refractivity contribution in [2.75, 3.05) is 18.2 Å². The molecule has 2 rings (SSSR count). The third-order valence-electron chi connectivity index (χ3n) is 3.23. The van der Waals surface area contributed by atoms with E-state index >= 15 is 0 Å². The van der Waals surface area contributed by atoms with E-state index in [1.54, 1.807) is 37.1 Å². The number of thioether (sulfide) groups is 1. The van der Waals surface area contributed by atoms with Crippen LogP contribution in [0.1, 0.15) is 24.8 Å². The first kappa shape index (κ1) is 15.1. The Morgan fingerprint density at radius 1 is 1.50 bits per heavy atom. The van der Waals surface area contributed by atoms with Crippen LogP contribution in [-0.2, 0) is 4.79 Å². The molecule has 1 aliphatic rings. The Hall–Kier alpha value is -1.27. The summed E-state index contributed by atoms with van der Waals surface area (Å²) in [6, 6.07) is 5.37. The van der Waals surface area contributed by atoms with Crippen molar-refractivity contribution in [2.24, 2.45) is 5.73 Å². The molecule has 108 valence electrons. The number of carbonyl (C=O) groups excluding carboxylic acids is 1. The predicted molar refractivity (Wildman–Crippen MR) is 87.6 cm³/mol. The Morgan fingerprint density at radius 2 is 2.30 bits per heavy atom. The zero-order chi connectivity index (χ0) is 14.5. The molecule has 1 amide bonds. The van der Waals surface area contributed by atoms with Crippen LogP contribution < -0.4 is 15.8 Å². The molecule has 3 N–H and O–H groups in total. The van der Waals surface area contributed by atoms with Gasteiger partial charge in [-0.1, -0.05) is 24.7 Å². The Bertz CT molecular complexity index is 514. The molecule has 0 bridgehead atoms. The van der Waals surface area contributed by atoms with E-state index in [-0.39, 0.29) is 16.1 Å². The Balaban J connectivity index is 2.22. The van der Waals surface area contributed by atoms with Gasteiger partial charge in [0.1, 0.15) is 10.7 Å². The molecule has 1 fully saturated rings. The van der Waals surface area contributed by atoms with Gasteiger partial charge in [0.25, 0.3) is 0 Å². The normalized spacial score (nSPS) is 18.4. The van der Waals surface area contributed by atoms with E-state index in [2.05, 4.69) is 5.32 Å². The minimum absolute atomic E-state index is 0.00306. The summed E-state index contributed by atoms with van der Waals surface area (Å²) in [4.78, 5) is 12.6. The SMILES string of the molecule is COc1cccc(C(N)=S)c1NC(=O)C1CCCCS1. The fourth-order valence-corrected chi connectivity index (χ4v) is 3.56. The van der Waals surface area contributed by atoms with Crippen LogP contribution in [0.3, 0.4) is 0 Å². The quantitative estimate of drug-likeness (QED) is 0.837. The molecule has 20 heavy (non-hydrogen) atoms. The van der Waals surface area contributed by atoms with Gasteiger partial charge < -0.3 is 15.8 Å². The zero-order valence-corrected chi connectivity index (χ0v) is 13.0. The van der Waals surface area contributed by atoms with Gasteiger partial charge in [-0.3, -0.25) is 4.79 Å². The molecule has 1 aromatic carbocycles. The molecule has 4 nitrogen and oxygen atoms in total. The van der Waals surface area contributed by atoms with E-state index in [0.717, 1.165) is 18.6 Å². The van der Waals surface area contributed by atoms with Gasteiger partial charge in [0.05, 0.1) is 18.0 Å². The Morgan fingerprint density at radius 3 is 2.90 bits per heavy atom. The fourth-order valence-electron chi connectivity index (χ4n) is 2.19. The van der Waals surface area contributed by atoms with Gasteiger partial charge in [-0.25, -0.2) is 0 Å². The van der Waals surface area contributed by atoms with Crippen molar-refractivity contribution in [3.05, 3.63) is 23.8 Å². The topological polar surface area (TPSA) is 64.3 Å². The smallest absolute Gasteiger partial charge is 0.237 e. The van der Waals surface area contributed by atoms with E-state index < -0.39 is 0 Å². The largest absolute Gasteiger partial charge is 0.495 e. The maximum Gasteiger partial charge on any atom is 0.237 e. The van der Waals surface area contributed by atoms with Gasteiger partial charge in [-0.05, 0) is 30.7 Å². The summed E-state index contributed by atoms with van der Waals surface area (Å²) in [7, 11) is 1.56. The minimum atomic E-state index is -0.00661. The number of rotatable bonds is 4. The third kappa shape index (κ3) is 3.43. The maximum absolute atomic E-state index is 12.3. The molecule has 1 saturated heterocycles. The van der Waals surface area contributed by atoms with E-state index in [4.69, 9.17) is 22.7 Å². The number of hydrogen-bond donors (Lipinski definition) is 2. The van der Waals surface area contributed by atoms with Crippen LogP contribution in [0.25, 0.3) is 0 Å². The number of carbonyl (C=O) groups is 1. The van der Waals surface area contributed by atoms with Crippen molar-refractivity contribution in [3.8, 4) is 5.75 Å². The number of para-hydroxylation sites is 1. The van der Waals surface area contributed by atoms with Crippen LogP contribution in [0, 0.1) is 0 Å². The van der Waals surface area contributed by atoms with E-state index in [1.165, 1.54) is 6.42 Å². The van der Waals surface area contributed by atoms with Crippen LogP contribution in [0.15, 0.2) is 18.2 Å². The molecule has 0 radical (unpaired) electrons.